The number of carbonyl (C=O) groups excluding carboxylic acids is 1. The van der Waals surface area contributed by atoms with Crippen molar-refractivity contribution in [1.29, 1.82) is 0 Å². The smallest absolute Gasteiger partial charge is 0.257 e. The van der Waals surface area contributed by atoms with Gasteiger partial charge >= 0.3 is 0 Å². The highest BCUT2D eigenvalue weighted by atomic mass is 19.1. The van der Waals surface area contributed by atoms with Gasteiger partial charge in [-0.15, -0.1) is 0 Å². The lowest BCUT2D eigenvalue weighted by Crippen LogP contribution is -2.25. The minimum absolute atomic E-state index is 0.0626. The highest BCUT2D eigenvalue weighted by molar-refractivity contribution is 5.97. The first-order valence-corrected chi connectivity index (χ1v) is 9.04. The summed E-state index contributed by atoms with van der Waals surface area (Å²) in [5, 5.41) is 4.08. The van der Waals surface area contributed by atoms with E-state index < -0.39 is 0 Å². The van der Waals surface area contributed by atoms with E-state index in [1.807, 2.05) is 31.2 Å². The second-order valence-electron chi connectivity index (χ2n) is 6.84. The first kappa shape index (κ1) is 17.4. The Bertz CT molecular complexity index is 981. The molecular formula is C21H20FN3O2. The average molecular weight is 365 g/mol. The number of rotatable bonds is 4. The average Bonchev–Trinajstić information content (AvgIpc) is 3.31. The Kier molecular flexibility index (Phi) is 4.48. The maximum atomic E-state index is 13.6. The maximum absolute atomic E-state index is 13.6. The van der Waals surface area contributed by atoms with Crippen molar-refractivity contribution in [3.8, 4) is 11.5 Å². The van der Waals surface area contributed by atoms with Crippen LogP contribution in [0.3, 0.4) is 0 Å². The number of amides is 1. The van der Waals surface area contributed by atoms with Crippen molar-refractivity contribution < 1.29 is 13.7 Å². The molecule has 1 aliphatic rings. The minimum Gasteiger partial charge on any atom is -0.334 e. The number of hydrogen-bond donors (Lipinski definition) is 0. The number of nitrogens with zero attached hydrogens (tertiary/aromatic N) is 3. The molecule has 0 spiro atoms. The number of halogens is 1. The summed E-state index contributed by atoms with van der Waals surface area (Å²) >= 11 is 0. The fourth-order valence-electron chi connectivity index (χ4n) is 3.39. The summed E-state index contributed by atoms with van der Waals surface area (Å²) in [4.78, 5) is 18.6. The van der Waals surface area contributed by atoms with Crippen molar-refractivity contribution in [2.24, 2.45) is 0 Å². The second-order valence-corrected chi connectivity index (χ2v) is 6.84. The summed E-state index contributed by atoms with van der Waals surface area (Å²) in [7, 11) is 0. The van der Waals surface area contributed by atoms with Crippen molar-refractivity contribution in [2.75, 3.05) is 11.4 Å². The van der Waals surface area contributed by atoms with Crippen LogP contribution in [-0.2, 0) is 11.2 Å². The third kappa shape index (κ3) is 3.35. The van der Waals surface area contributed by atoms with Crippen LogP contribution in [-0.4, -0.2) is 22.6 Å². The molecular weight excluding hydrogens is 345 g/mol. The molecule has 0 bridgehead atoms. The van der Waals surface area contributed by atoms with Crippen LogP contribution < -0.4 is 4.90 Å². The predicted molar refractivity (Wildman–Crippen MR) is 100.0 cm³/mol. The van der Waals surface area contributed by atoms with Crippen LogP contribution in [0.1, 0.15) is 36.2 Å². The fraction of sp³-hybridized carbons (Fsp3) is 0.286. The summed E-state index contributed by atoms with van der Waals surface area (Å²) in [6, 6.07) is 12.5. The molecule has 1 amide bonds. The standard InChI is InChI=1S/C21H20FN3O2/c1-3-14-5-7-15(8-6-14)21-23-20(24-27-21)16-10-19(26)25(12-16)18-11-17(22)9-4-13(18)2/h4-9,11,16H,3,10,12H2,1-2H3. The van der Waals surface area contributed by atoms with E-state index in [1.54, 1.807) is 11.0 Å². The third-order valence-electron chi connectivity index (χ3n) is 5.00. The number of aryl methyl sites for hydroxylation is 2. The molecule has 5 nitrogen and oxygen atoms in total. The molecule has 0 saturated carbocycles. The van der Waals surface area contributed by atoms with Crippen molar-refractivity contribution in [2.45, 2.75) is 32.6 Å². The van der Waals surface area contributed by atoms with Gasteiger partial charge in [-0.2, -0.15) is 4.98 Å². The predicted octanol–water partition coefficient (Wildman–Crippen LogP) is 4.27. The lowest BCUT2D eigenvalue weighted by atomic mass is 10.1. The molecule has 1 saturated heterocycles. The van der Waals surface area contributed by atoms with Gasteiger partial charge in [-0.1, -0.05) is 30.3 Å². The van der Waals surface area contributed by atoms with Gasteiger partial charge in [0, 0.05) is 30.1 Å². The van der Waals surface area contributed by atoms with E-state index >= 15 is 0 Å². The third-order valence-corrected chi connectivity index (χ3v) is 5.00. The molecule has 2 heterocycles. The van der Waals surface area contributed by atoms with Crippen molar-refractivity contribution >= 4 is 11.6 Å². The van der Waals surface area contributed by atoms with Gasteiger partial charge in [0.25, 0.3) is 5.89 Å². The van der Waals surface area contributed by atoms with Crippen LogP contribution in [0.2, 0.25) is 0 Å². The summed E-state index contributed by atoms with van der Waals surface area (Å²) in [5.74, 6) is 0.360. The largest absolute Gasteiger partial charge is 0.334 e. The highest BCUT2D eigenvalue weighted by Gasteiger charge is 2.35. The number of aromatic nitrogens is 2. The zero-order valence-corrected chi connectivity index (χ0v) is 15.3. The zero-order chi connectivity index (χ0) is 19.0. The van der Waals surface area contributed by atoms with E-state index in [4.69, 9.17) is 4.52 Å². The molecule has 0 radical (unpaired) electrons. The van der Waals surface area contributed by atoms with Crippen LogP contribution in [0.4, 0.5) is 10.1 Å². The maximum Gasteiger partial charge on any atom is 0.257 e. The summed E-state index contributed by atoms with van der Waals surface area (Å²) in [6.45, 7) is 4.38. The van der Waals surface area contributed by atoms with Crippen molar-refractivity contribution in [1.82, 2.24) is 10.1 Å². The van der Waals surface area contributed by atoms with Gasteiger partial charge in [-0.25, -0.2) is 4.39 Å². The normalized spacial score (nSPS) is 16.9. The number of benzene rings is 2. The van der Waals surface area contributed by atoms with E-state index in [0.29, 0.717) is 23.9 Å². The van der Waals surface area contributed by atoms with Gasteiger partial charge < -0.3 is 9.42 Å². The molecule has 1 aromatic heterocycles. The monoisotopic (exact) mass is 365 g/mol. The molecule has 1 unspecified atom stereocenters. The molecule has 27 heavy (non-hydrogen) atoms. The lowest BCUT2D eigenvalue weighted by molar-refractivity contribution is -0.117. The Labute approximate surface area is 156 Å². The van der Waals surface area contributed by atoms with E-state index in [0.717, 1.165) is 17.5 Å². The molecule has 1 fully saturated rings. The van der Waals surface area contributed by atoms with Crippen LogP contribution in [0.25, 0.3) is 11.5 Å². The van der Waals surface area contributed by atoms with E-state index in [9.17, 15) is 9.18 Å². The molecule has 2 aromatic carbocycles. The van der Waals surface area contributed by atoms with Gasteiger partial charge in [-0.3, -0.25) is 4.79 Å². The second kappa shape index (κ2) is 6.95. The molecule has 138 valence electrons. The van der Waals surface area contributed by atoms with Crippen molar-refractivity contribution in [3.05, 3.63) is 65.2 Å². The SMILES string of the molecule is CCc1ccc(-c2nc(C3CC(=O)N(c4cc(F)ccc4C)C3)no2)cc1. The fourth-order valence-corrected chi connectivity index (χ4v) is 3.39. The molecule has 3 aromatic rings. The van der Waals surface area contributed by atoms with Crippen LogP contribution in [0.15, 0.2) is 47.0 Å². The minimum atomic E-state index is -0.357. The van der Waals surface area contributed by atoms with Gasteiger partial charge in [-0.05, 0) is 48.7 Å². The number of carbonyl (C=O) groups is 1. The molecule has 0 aliphatic carbocycles. The van der Waals surface area contributed by atoms with Crippen LogP contribution >= 0.6 is 0 Å². The van der Waals surface area contributed by atoms with Gasteiger partial charge in [0.1, 0.15) is 5.82 Å². The molecule has 0 N–H and O–H groups in total. The van der Waals surface area contributed by atoms with Gasteiger partial charge in [0.2, 0.25) is 5.91 Å². The summed E-state index contributed by atoms with van der Waals surface area (Å²) in [6.07, 6.45) is 1.25. The topological polar surface area (TPSA) is 59.2 Å². The Morgan fingerprint density at radius 2 is 2.00 bits per heavy atom. The summed E-state index contributed by atoms with van der Waals surface area (Å²) < 4.78 is 19.0. The Morgan fingerprint density at radius 3 is 2.74 bits per heavy atom. The quantitative estimate of drug-likeness (QED) is 0.693. The first-order valence-electron chi connectivity index (χ1n) is 9.04. The molecule has 6 heteroatoms. The number of anilines is 1. The lowest BCUT2D eigenvalue weighted by Gasteiger charge is -2.18. The van der Waals surface area contributed by atoms with E-state index in [1.165, 1.54) is 17.7 Å². The molecule has 1 atom stereocenters. The zero-order valence-electron chi connectivity index (χ0n) is 15.3. The van der Waals surface area contributed by atoms with Crippen LogP contribution in [0, 0.1) is 12.7 Å². The Morgan fingerprint density at radius 1 is 1.22 bits per heavy atom. The van der Waals surface area contributed by atoms with E-state index in [-0.39, 0.29) is 24.1 Å². The first-order chi connectivity index (χ1) is 13.0. The van der Waals surface area contributed by atoms with Crippen molar-refractivity contribution in [3.63, 3.8) is 0 Å². The highest BCUT2D eigenvalue weighted by Crippen LogP contribution is 2.33. The number of hydrogen-bond acceptors (Lipinski definition) is 4. The summed E-state index contributed by atoms with van der Waals surface area (Å²) in [5.41, 5.74) is 3.55. The van der Waals surface area contributed by atoms with Gasteiger partial charge in [0.15, 0.2) is 5.82 Å². The van der Waals surface area contributed by atoms with E-state index in [2.05, 4.69) is 17.1 Å². The van der Waals surface area contributed by atoms with Gasteiger partial charge in [0.05, 0.1) is 0 Å². The Balaban J connectivity index is 1.56. The van der Waals surface area contributed by atoms with Crippen LogP contribution in [0.5, 0.6) is 0 Å². The molecule has 4 rings (SSSR count). The Hall–Kier alpha value is -3.02. The molecule has 1 aliphatic heterocycles.